The van der Waals surface area contributed by atoms with Crippen molar-refractivity contribution in [3.8, 4) is 17.0 Å². The van der Waals surface area contributed by atoms with E-state index in [4.69, 9.17) is 4.74 Å². The Balaban J connectivity index is 0. The van der Waals surface area contributed by atoms with Gasteiger partial charge >= 0.3 is 65.4 Å². The molecule has 0 radical (unpaired) electrons. The Morgan fingerprint density at radius 3 is 2.24 bits per heavy atom. The summed E-state index contributed by atoms with van der Waals surface area (Å²) in [5.74, 6) is 1.06. The number of aromatic nitrogens is 3. The Kier molecular flexibility index (Phi) is 21.0. The van der Waals surface area contributed by atoms with E-state index < -0.39 is 6.36 Å². The van der Waals surface area contributed by atoms with Crippen molar-refractivity contribution in [2.24, 2.45) is 0 Å². The van der Waals surface area contributed by atoms with E-state index in [-0.39, 0.29) is 80.3 Å². The van der Waals surface area contributed by atoms with Gasteiger partial charge in [0, 0.05) is 30.6 Å². The average molecular weight is 709 g/mol. The molecule has 2 heterocycles. The topological polar surface area (TPSA) is 88.8 Å². The van der Waals surface area contributed by atoms with Crippen molar-refractivity contribution in [1.82, 2.24) is 19.3 Å². The molecule has 0 saturated heterocycles. The quantitative estimate of drug-likeness (QED) is 0.216. The molecule has 0 spiro atoms. The summed E-state index contributed by atoms with van der Waals surface area (Å²) < 4.78 is 20.0. The van der Waals surface area contributed by atoms with Gasteiger partial charge in [-0.1, -0.05) is 19.1 Å². The number of halogens is 1. The summed E-state index contributed by atoms with van der Waals surface area (Å²) in [6.45, 7) is 11.9. The molecule has 0 amide bonds. The Hall–Kier alpha value is -1.90. The van der Waals surface area contributed by atoms with Gasteiger partial charge in [0.25, 0.3) is 0 Å². The summed E-state index contributed by atoms with van der Waals surface area (Å²) in [5.41, 5.74) is 4.59. The molecular weight excluding hydrogens is 675 g/mol. The Morgan fingerprint density at radius 2 is 1.73 bits per heavy atom. The summed E-state index contributed by atoms with van der Waals surface area (Å²) in [5, 5.41) is 3.25. The third-order valence-corrected chi connectivity index (χ3v) is 5.40. The summed E-state index contributed by atoms with van der Waals surface area (Å²) >= 11 is 0. The number of fused-ring (bicyclic) bond motifs is 1. The standard InChI is InChI=1S/C22H18FN4O2.C6H10NO.2CH3.2Y/c1-14-11-18(6-3-17(14)13-28)26-21-22-25-12-20(27(22)10-9-24-21)16-4-7-19(8-5-16)29-15(2)23;1-3-7(4-2)5-6-8;;;;/h3-12,15H,1-2H3,(H,24,26);1-5H2;2*1H3;;/q-1;-3;2*-1;2*+3. The van der Waals surface area contributed by atoms with Crippen molar-refractivity contribution in [1.29, 1.82) is 0 Å². The third-order valence-electron chi connectivity index (χ3n) is 5.40. The van der Waals surface area contributed by atoms with E-state index in [1.165, 1.54) is 6.92 Å². The van der Waals surface area contributed by atoms with E-state index in [1.54, 1.807) is 47.8 Å². The van der Waals surface area contributed by atoms with E-state index in [2.05, 4.69) is 29.1 Å². The fraction of sp³-hybridized carbons (Fsp3) is 0.200. The Morgan fingerprint density at radius 1 is 1.07 bits per heavy atom. The van der Waals surface area contributed by atoms with E-state index in [0.717, 1.165) is 22.5 Å². The summed E-state index contributed by atoms with van der Waals surface area (Å²) in [6, 6.07) is 12.5. The van der Waals surface area contributed by atoms with E-state index in [0.29, 0.717) is 42.4 Å². The SMILES string of the molecule is Cc1cc(Nc2nccn3c(-c4ccc(OC(C)F)cc4)cnc23)ccc1[C-]=O.[CH2-]CN(C[CH2-])C[C-]=O.[CH3-].[CH3-].[Y+3].[Y+3]. The predicted octanol–water partition coefficient (Wildman–Crippen LogP) is 5.56. The van der Waals surface area contributed by atoms with Gasteiger partial charge < -0.3 is 53.2 Å². The van der Waals surface area contributed by atoms with Crippen molar-refractivity contribution in [3.05, 3.63) is 101 Å². The van der Waals surface area contributed by atoms with Crippen LogP contribution in [0.4, 0.5) is 15.9 Å². The molecule has 0 aliphatic carbocycles. The fourth-order valence-electron chi connectivity index (χ4n) is 3.47. The van der Waals surface area contributed by atoms with Crippen LogP contribution in [-0.4, -0.2) is 57.8 Å². The average Bonchev–Trinajstić information content (AvgIpc) is 3.33. The minimum atomic E-state index is -1.36. The molecule has 0 aliphatic rings. The Bertz CT molecular complexity index is 1330. The number of carbonyl (C=O) groups excluding carboxylic acids is 2. The van der Waals surface area contributed by atoms with Gasteiger partial charge in [-0.2, -0.15) is 6.07 Å². The van der Waals surface area contributed by atoms with Gasteiger partial charge in [0.15, 0.2) is 11.5 Å². The number of benzene rings is 2. The fourth-order valence-corrected chi connectivity index (χ4v) is 3.47. The number of anilines is 2. The molecule has 0 bridgehead atoms. The number of imidazole rings is 1. The molecule has 210 valence electrons. The van der Waals surface area contributed by atoms with Crippen LogP contribution in [-0.2, 0) is 75.0 Å². The van der Waals surface area contributed by atoms with Crippen molar-refractivity contribution >= 4 is 29.7 Å². The van der Waals surface area contributed by atoms with Gasteiger partial charge in [0.2, 0.25) is 6.36 Å². The minimum Gasteiger partial charge on any atom is -0.541 e. The van der Waals surface area contributed by atoms with Crippen LogP contribution in [0, 0.1) is 35.6 Å². The molecule has 0 aliphatic heterocycles. The molecule has 0 fully saturated rings. The molecule has 1 unspecified atom stereocenters. The summed E-state index contributed by atoms with van der Waals surface area (Å²) in [7, 11) is 0. The number of nitrogens with one attached hydrogen (secondary N) is 1. The number of rotatable bonds is 10. The first-order valence-electron chi connectivity index (χ1n) is 11.5. The number of hydrogen-bond donors (Lipinski definition) is 1. The molecule has 2 aromatic heterocycles. The summed E-state index contributed by atoms with van der Waals surface area (Å²) in [4.78, 5) is 31.3. The van der Waals surface area contributed by atoms with E-state index >= 15 is 0 Å². The molecule has 0 saturated carbocycles. The maximum atomic E-state index is 13.0. The molecule has 1 atom stereocenters. The van der Waals surface area contributed by atoms with Crippen LogP contribution in [0.1, 0.15) is 18.1 Å². The van der Waals surface area contributed by atoms with Crippen LogP contribution in [0.5, 0.6) is 5.75 Å². The zero-order chi connectivity index (χ0) is 26.8. The first-order chi connectivity index (χ1) is 17.9. The number of ether oxygens (including phenoxy) is 1. The molecule has 4 aromatic rings. The van der Waals surface area contributed by atoms with Crippen LogP contribution in [0.2, 0.25) is 0 Å². The molecule has 8 nitrogen and oxygen atoms in total. The molecule has 4 rings (SSSR count). The van der Waals surface area contributed by atoms with Crippen molar-refractivity contribution in [2.45, 2.75) is 20.2 Å². The second kappa shape index (κ2) is 20.9. The molecule has 11 heteroatoms. The maximum absolute atomic E-state index is 13.0. The van der Waals surface area contributed by atoms with Crippen molar-refractivity contribution in [3.63, 3.8) is 0 Å². The molecular formula is C30H34FN5O3Y2. The predicted molar refractivity (Wildman–Crippen MR) is 155 cm³/mol. The second-order valence-corrected chi connectivity index (χ2v) is 7.98. The van der Waals surface area contributed by atoms with Gasteiger partial charge in [-0.25, -0.2) is 14.4 Å². The van der Waals surface area contributed by atoms with Crippen LogP contribution < -0.4 is 10.1 Å². The molecule has 41 heavy (non-hydrogen) atoms. The molecule has 2 aromatic carbocycles. The van der Waals surface area contributed by atoms with Crippen LogP contribution in [0.3, 0.4) is 0 Å². The number of hydrogen-bond acceptors (Lipinski definition) is 7. The van der Waals surface area contributed by atoms with Crippen molar-refractivity contribution < 1.29 is 84.1 Å². The minimum absolute atomic E-state index is 0. The van der Waals surface area contributed by atoms with E-state index in [9.17, 15) is 14.0 Å². The van der Waals surface area contributed by atoms with Crippen LogP contribution >= 0.6 is 0 Å². The van der Waals surface area contributed by atoms with E-state index in [1.807, 2.05) is 42.0 Å². The van der Waals surface area contributed by atoms with Gasteiger partial charge in [-0.15, -0.1) is 30.8 Å². The smallest absolute Gasteiger partial charge is 0.541 e. The van der Waals surface area contributed by atoms with Crippen LogP contribution in [0.25, 0.3) is 16.9 Å². The first-order valence-corrected chi connectivity index (χ1v) is 11.5. The second-order valence-electron chi connectivity index (χ2n) is 7.98. The largest absolute Gasteiger partial charge is 3.00 e. The van der Waals surface area contributed by atoms with Gasteiger partial charge in [-0.05, 0) is 24.3 Å². The summed E-state index contributed by atoms with van der Waals surface area (Å²) in [6.07, 6.45) is 7.58. The first kappa shape index (κ1) is 41.2. The zero-order valence-electron chi connectivity index (χ0n) is 23.9. The van der Waals surface area contributed by atoms with Gasteiger partial charge in [0.1, 0.15) is 5.75 Å². The number of nitrogens with zero attached hydrogens (tertiary/aromatic N) is 4. The van der Waals surface area contributed by atoms with Crippen molar-refractivity contribution in [2.75, 3.05) is 25.0 Å². The maximum Gasteiger partial charge on any atom is 3.00 e. The normalized spacial score (nSPS) is 10.4. The number of alkyl halides is 1. The third kappa shape index (κ3) is 11.7. The monoisotopic (exact) mass is 709 g/mol. The van der Waals surface area contributed by atoms with Gasteiger partial charge in [-0.3, -0.25) is 10.7 Å². The van der Waals surface area contributed by atoms with Gasteiger partial charge in [0.05, 0.1) is 18.2 Å². The zero-order valence-corrected chi connectivity index (χ0v) is 29.6. The number of aryl methyl sites for hydroxylation is 1. The van der Waals surface area contributed by atoms with Crippen LogP contribution in [0.15, 0.2) is 61.1 Å². The molecule has 1 N–H and O–H groups in total. The Labute approximate surface area is 293 Å².